The molecule has 0 saturated carbocycles. The van der Waals surface area contributed by atoms with Crippen LogP contribution < -0.4 is 5.32 Å². The van der Waals surface area contributed by atoms with E-state index in [0.717, 1.165) is 4.68 Å². The molecule has 31 heavy (non-hydrogen) atoms. The highest BCUT2D eigenvalue weighted by molar-refractivity contribution is 6.30. The van der Waals surface area contributed by atoms with Crippen molar-refractivity contribution in [1.82, 2.24) is 15.0 Å². The number of nitrogens with one attached hydrogen (secondary N) is 1. The minimum Gasteiger partial charge on any atom is -0.326 e. The zero-order valence-electron chi connectivity index (χ0n) is 15.4. The molecule has 1 aromatic heterocycles. The van der Waals surface area contributed by atoms with Gasteiger partial charge in [0.1, 0.15) is 0 Å². The van der Waals surface area contributed by atoms with Crippen molar-refractivity contribution in [2.45, 2.75) is 25.2 Å². The van der Waals surface area contributed by atoms with Crippen LogP contribution in [0.25, 0.3) is 5.69 Å². The van der Waals surface area contributed by atoms with Gasteiger partial charge in [-0.3, -0.25) is 4.79 Å². The molecule has 0 aliphatic heterocycles. The first kappa shape index (κ1) is 22.6. The van der Waals surface area contributed by atoms with Crippen molar-refractivity contribution in [2.24, 2.45) is 0 Å². The number of alkyl halides is 6. The quantitative estimate of drug-likeness (QED) is 0.507. The Morgan fingerprint density at radius 2 is 1.55 bits per heavy atom. The minimum atomic E-state index is -4.99. The van der Waals surface area contributed by atoms with Crippen molar-refractivity contribution in [3.8, 4) is 5.69 Å². The lowest BCUT2D eigenvalue weighted by Crippen LogP contribution is -2.15. The summed E-state index contributed by atoms with van der Waals surface area (Å²) in [6.45, 7) is 0. The van der Waals surface area contributed by atoms with Crippen molar-refractivity contribution in [2.75, 3.05) is 5.32 Å². The molecule has 0 bridgehead atoms. The van der Waals surface area contributed by atoms with E-state index in [1.54, 1.807) is 24.3 Å². The topological polar surface area (TPSA) is 59.8 Å². The third-order valence-electron chi connectivity index (χ3n) is 4.17. The summed E-state index contributed by atoms with van der Waals surface area (Å²) in [7, 11) is 0. The summed E-state index contributed by atoms with van der Waals surface area (Å²) in [5.74, 6) is -0.421. The third-order valence-corrected chi connectivity index (χ3v) is 4.43. The number of hydrogen-bond donors (Lipinski definition) is 1. The van der Waals surface area contributed by atoms with Gasteiger partial charge in [-0.15, -0.1) is 5.10 Å². The molecule has 164 valence electrons. The van der Waals surface area contributed by atoms with Gasteiger partial charge in [0.05, 0.1) is 28.7 Å². The van der Waals surface area contributed by atoms with Gasteiger partial charge in [0.25, 0.3) is 0 Å². The van der Waals surface area contributed by atoms with Crippen LogP contribution in [0.15, 0.2) is 48.7 Å². The van der Waals surface area contributed by atoms with E-state index < -0.39 is 35.1 Å². The molecular weight excluding hydrogens is 450 g/mol. The van der Waals surface area contributed by atoms with Gasteiger partial charge in [-0.2, -0.15) is 26.3 Å². The lowest BCUT2D eigenvalue weighted by Gasteiger charge is -2.15. The van der Waals surface area contributed by atoms with E-state index in [1.807, 2.05) is 0 Å². The van der Waals surface area contributed by atoms with Gasteiger partial charge >= 0.3 is 12.4 Å². The van der Waals surface area contributed by atoms with Gasteiger partial charge < -0.3 is 5.32 Å². The van der Waals surface area contributed by atoms with Crippen molar-refractivity contribution >= 4 is 23.2 Å². The smallest absolute Gasteiger partial charge is 0.326 e. The summed E-state index contributed by atoms with van der Waals surface area (Å²) in [6.07, 6.45) is -8.95. The number of hydrogen-bond acceptors (Lipinski definition) is 3. The average Bonchev–Trinajstić information content (AvgIpc) is 3.15. The second kappa shape index (κ2) is 8.58. The maximum Gasteiger partial charge on any atom is 0.416 e. The number of amides is 1. The lowest BCUT2D eigenvalue weighted by atomic mass is 10.1. The summed E-state index contributed by atoms with van der Waals surface area (Å²) in [4.78, 5) is 12.1. The van der Waals surface area contributed by atoms with Gasteiger partial charge in [-0.05, 0) is 42.5 Å². The normalized spacial score (nSPS) is 12.1. The van der Waals surface area contributed by atoms with E-state index in [1.165, 1.54) is 6.20 Å². The largest absolute Gasteiger partial charge is 0.416 e. The number of halogens is 7. The van der Waals surface area contributed by atoms with E-state index in [0.29, 0.717) is 22.8 Å². The number of carbonyl (C=O) groups excluding carboxylic acids is 1. The zero-order chi connectivity index (χ0) is 22.8. The average molecular weight is 463 g/mol. The fraction of sp³-hybridized carbons (Fsp3) is 0.211. The summed E-state index contributed by atoms with van der Waals surface area (Å²) in [5, 5.41) is 10.2. The Morgan fingerprint density at radius 3 is 2.10 bits per heavy atom. The molecule has 3 aromatic rings. The molecule has 1 amide bonds. The van der Waals surface area contributed by atoms with Crippen LogP contribution in [0.5, 0.6) is 0 Å². The maximum atomic E-state index is 13.1. The first-order valence-electron chi connectivity index (χ1n) is 8.68. The molecule has 5 nitrogen and oxygen atoms in total. The summed E-state index contributed by atoms with van der Waals surface area (Å²) in [5.41, 5.74) is -2.77. The first-order valence-corrected chi connectivity index (χ1v) is 9.06. The van der Waals surface area contributed by atoms with E-state index in [4.69, 9.17) is 11.6 Å². The minimum absolute atomic E-state index is 0.0238. The summed E-state index contributed by atoms with van der Waals surface area (Å²) >= 11 is 5.76. The SMILES string of the molecule is O=C(CCc1cnnn1-c1cc(C(F)(F)F)cc(C(F)(F)F)c1)Nc1ccc(Cl)cc1. The Balaban J connectivity index is 1.82. The number of anilines is 1. The molecule has 0 atom stereocenters. The molecule has 0 spiro atoms. The number of carbonyl (C=O) groups is 1. The van der Waals surface area contributed by atoms with Crippen LogP contribution in [-0.2, 0) is 23.6 Å². The molecule has 3 rings (SSSR count). The summed E-state index contributed by atoms with van der Waals surface area (Å²) < 4.78 is 79.4. The van der Waals surface area contributed by atoms with Crippen LogP contribution in [0.3, 0.4) is 0 Å². The van der Waals surface area contributed by atoms with Crippen molar-refractivity contribution in [3.05, 3.63) is 70.5 Å². The number of benzene rings is 2. The molecule has 0 aliphatic carbocycles. The number of rotatable bonds is 5. The van der Waals surface area contributed by atoms with Crippen LogP contribution in [0.2, 0.25) is 5.02 Å². The lowest BCUT2D eigenvalue weighted by molar-refractivity contribution is -0.143. The van der Waals surface area contributed by atoms with Crippen LogP contribution in [0, 0.1) is 0 Å². The molecule has 0 fully saturated rings. The van der Waals surface area contributed by atoms with E-state index in [2.05, 4.69) is 15.6 Å². The van der Waals surface area contributed by atoms with Gasteiger partial charge in [0.2, 0.25) is 5.91 Å². The van der Waals surface area contributed by atoms with Gasteiger partial charge in [0.15, 0.2) is 0 Å². The number of nitrogens with zero attached hydrogens (tertiary/aromatic N) is 3. The first-order chi connectivity index (χ1) is 14.4. The molecule has 1 N–H and O–H groups in total. The van der Waals surface area contributed by atoms with Crippen LogP contribution in [0.4, 0.5) is 32.0 Å². The van der Waals surface area contributed by atoms with Crippen LogP contribution in [-0.4, -0.2) is 20.9 Å². The highest BCUT2D eigenvalue weighted by atomic mass is 35.5. The molecule has 0 saturated heterocycles. The zero-order valence-corrected chi connectivity index (χ0v) is 16.2. The van der Waals surface area contributed by atoms with Crippen molar-refractivity contribution in [3.63, 3.8) is 0 Å². The Kier molecular flexibility index (Phi) is 6.25. The molecule has 0 aliphatic rings. The molecule has 0 radical (unpaired) electrons. The Hall–Kier alpha value is -3.08. The fourth-order valence-corrected chi connectivity index (χ4v) is 2.83. The standard InChI is InChI=1S/C19H13ClF6N4O/c20-13-1-3-14(4-2-13)28-17(31)6-5-15-10-27-29-30(15)16-8-11(18(21,22)23)7-12(9-16)19(24,25)26/h1-4,7-10H,5-6H2,(H,28,31). The monoisotopic (exact) mass is 462 g/mol. The van der Waals surface area contributed by atoms with Gasteiger partial charge in [-0.25, -0.2) is 4.68 Å². The van der Waals surface area contributed by atoms with Gasteiger partial charge in [-0.1, -0.05) is 16.8 Å². The highest BCUT2D eigenvalue weighted by Gasteiger charge is 2.37. The number of aromatic nitrogens is 3. The third kappa shape index (κ3) is 5.75. The second-order valence-electron chi connectivity index (χ2n) is 6.46. The maximum absolute atomic E-state index is 13.1. The Bertz CT molecular complexity index is 1040. The van der Waals surface area contributed by atoms with E-state index in [9.17, 15) is 31.1 Å². The predicted octanol–water partition coefficient (Wildman–Crippen LogP) is 5.53. The van der Waals surface area contributed by atoms with Crippen molar-refractivity contribution < 1.29 is 31.1 Å². The fourth-order valence-electron chi connectivity index (χ4n) is 2.70. The second-order valence-corrected chi connectivity index (χ2v) is 6.89. The highest BCUT2D eigenvalue weighted by Crippen LogP contribution is 2.37. The Labute approximate surface area is 176 Å². The molecule has 2 aromatic carbocycles. The van der Waals surface area contributed by atoms with E-state index in [-0.39, 0.29) is 24.6 Å². The van der Waals surface area contributed by atoms with Crippen LogP contribution >= 0.6 is 11.6 Å². The van der Waals surface area contributed by atoms with Crippen LogP contribution in [0.1, 0.15) is 23.2 Å². The van der Waals surface area contributed by atoms with Crippen molar-refractivity contribution in [1.29, 1.82) is 0 Å². The predicted molar refractivity (Wildman–Crippen MR) is 99.8 cm³/mol. The summed E-state index contributed by atoms with van der Waals surface area (Å²) in [6, 6.07) is 7.41. The molecule has 1 heterocycles. The van der Waals surface area contributed by atoms with E-state index >= 15 is 0 Å². The molecule has 12 heteroatoms. The molecule has 0 unspecified atom stereocenters. The Morgan fingerprint density at radius 1 is 0.968 bits per heavy atom. The molecular formula is C19H13ClF6N4O. The van der Waals surface area contributed by atoms with Gasteiger partial charge in [0, 0.05) is 23.6 Å². The number of aryl methyl sites for hydroxylation is 1.